The van der Waals surface area contributed by atoms with E-state index in [1.165, 1.54) is 10.7 Å². The van der Waals surface area contributed by atoms with Gasteiger partial charge in [-0.2, -0.15) is 5.06 Å². The molecule has 0 aliphatic carbocycles. The number of anilines is 1. The number of halogens is 2. The average molecular weight is 572 g/mol. The number of likely N-dealkylation sites (N-methyl/N-ethyl adjacent to an activating group) is 2. The number of para-hydroxylation sites is 1. The molecular formula is C28H35F2N7O4. The first-order chi connectivity index (χ1) is 19.7. The second kappa shape index (κ2) is 13.5. The van der Waals surface area contributed by atoms with Crippen molar-refractivity contribution in [1.82, 2.24) is 30.4 Å². The van der Waals surface area contributed by atoms with Gasteiger partial charge in [-0.1, -0.05) is 31.2 Å². The van der Waals surface area contributed by atoms with Crippen LogP contribution >= 0.6 is 0 Å². The highest BCUT2D eigenvalue weighted by Gasteiger charge is 2.36. The van der Waals surface area contributed by atoms with Crippen LogP contribution in [0.1, 0.15) is 24.2 Å². The van der Waals surface area contributed by atoms with Crippen molar-refractivity contribution < 1.29 is 27.9 Å². The van der Waals surface area contributed by atoms with Gasteiger partial charge in [0.05, 0.1) is 17.3 Å². The molecule has 1 fully saturated rings. The van der Waals surface area contributed by atoms with Gasteiger partial charge in [0.2, 0.25) is 5.88 Å². The van der Waals surface area contributed by atoms with Crippen molar-refractivity contribution in [2.24, 2.45) is 0 Å². The van der Waals surface area contributed by atoms with Crippen molar-refractivity contribution in [3.63, 3.8) is 0 Å². The maximum atomic E-state index is 14.0. The van der Waals surface area contributed by atoms with Gasteiger partial charge in [-0.05, 0) is 50.8 Å². The van der Waals surface area contributed by atoms with E-state index in [1.54, 1.807) is 12.0 Å². The smallest absolute Gasteiger partial charge is 0.320 e. The highest BCUT2D eigenvalue weighted by Crippen LogP contribution is 2.31. The SMILES string of the molecule is CCN1C[C@@H](NC(=O)Nc2c(C)c(OCC(=O)NCCN(C)C)nn2-c2ccccc2)[C@H](c2ccc(F)c(F)c2)O1. The van der Waals surface area contributed by atoms with Gasteiger partial charge in [-0.15, -0.1) is 5.10 Å². The first kappa shape index (κ1) is 29.9. The number of ether oxygens (including phenoxy) is 1. The number of hydrogen-bond acceptors (Lipinski definition) is 7. The van der Waals surface area contributed by atoms with Crippen molar-refractivity contribution in [2.75, 3.05) is 52.2 Å². The highest BCUT2D eigenvalue weighted by atomic mass is 19.2. The molecule has 1 aliphatic rings. The second-order valence-corrected chi connectivity index (χ2v) is 9.85. The largest absolute Gasteiger partial charge is 0.466 e. The van der Waals surface area contributed by atoms with E-state index in [-0.39, 0.29) is 18.4 Å². The normalized spacial score (nSPS) is 17.0. The summed E-state index contributed by atoms with van der Waals surface area (Å²) in [5, 5.41) is 14.7. The van der Waals surface area contributed by atoms with Gasteiger partial charge in [0, 0.05) is 26.2 Å². The predicted octanol–water partition coefficient (Wildman–Crippen LogP) is 3.01. The summed E-state index contributed by atoms with van der Waals surface area (Å²) in [5.74, 6) is -1.72. The standard InChI is InChI=1S/C28H35F2N7O4/c1-5-36-16-23(25(41-36)19-11-12-21(29)22(30)15-19)32-28(39)33-26-18(2)27(34-37(26)20-9-7-6-8-10-20)40-17-24(38)31-13-14-35(3)4/h6-12,15,23,25H,5,13-14,16-17H2,1-4H3,(H,31,38)(H2,32,33,39)/t23-,25+/m1/s1. The third-order valence-corrected chi connectivity index (χ3v) is 6.50. The minimum absolute atomic E-state index is 0.188. The quantitative estimate of drug-likeness (QED) is 0.324. The molecule has 220 valence electrons. The molecule has 1 aromatic heterocycles. The molecule has 0 radical (unpaired) electrons. The molecule has 11 nitrogen and oxygen atoms in total. The van der Waals surface area contributed by atoms with Crippen LogP contribution in [0.15, 0.2) is 48.5 Å². The van der Waals surface area contributed by atoms with Crippen molar-refractivity contribution in [2.45, 2.75) is 26.0 Å². The Bertz CT molecular complexity index is 1350. The minimum Gasteiger partial charge on any atom is -0.466 e. The lowest BCUT2D eigenvalue weighted by molar-refractivity contribution is -0.144. The summed E-state index contributed by atoms with van der Waals surface area (Å²) in [4.78, 5) is 33.4. The van der Waals surface area contributed by atoms with Gasteiger partial charge in [-0.25, -0.2) is 18.3 Å². The zero-order valence-corrected chi connectivity index (χ0v) is 23.5. The minimum atomic E-state index is -0.995. The average Bonchev–Trinajstić information content (AvgIpc) is 3.49. The van der Waals surface area contributed by atoms with Gasteiger partial charge in [0.15, 0.2) is 18.2 Å². The number of urea groups is 1. The Kier molecular flexibility index (Phi) is 9.86. The first-order valence-electron chi connectivity index (χ1n) is 13.3. The summed E-state index contributed by atoms with van der Waals surface area (Å²) in [7, 11) is 3.82. The molecule has 41 heavy (non-hydrogen) atoms. The van der Waals surface area contributed by atoms with E-state index in [1.807, 2.05) is 56.3 Å². The van der Waals surface area contributed by atoms with Crippen molar-refractivity contribution in [3.05, 3.63) is 71.3 Å². The van der Waals surface area contributed by atoms with Crippen LogP contribution in [0.3, 0.4) is 0 Å². The first-order valence-corrected chi connectivity index (χ1v) is 13.3. The molecule has 2 atom stereocenters. The molecule has 0 unspecified atom stereocenters. The summed E-state index contributed by atoms with van der Waals surface area (Å²) in [6.07, 6.45) is -0.721. The number of benzene rings is 2. The van der Waals surface area contributed by atoms with Gasteiger partial charge in [0.1, 0.15) is 11.9 Å². The number of rotatable bonds is 11. The monoisotopic (exact) mass is 571 g/mol. The Hall–Kier alpha value is -4.07. The maximum Gasteiger partial charge on any atom is 0.320 e. The van der Waals surface area contributed by atoms with Crippen LogP contribution in [0.25, 0.3) is 5.69 Å². The topological polar surface area (TPSA) is 113 Å². The van der Waals surface area contributed by atoms with Crippen LogP contribution < -0.4 is 20.7 Å². The summed E-state index contributed by atoms with van der Waals surface area (Å²) in [6, 6.07) is 11.6. The molecule has 3 amide bonds. The van der Waals surface area contributed by atoms with Crippen molar-refractivity contribution >= 4 is 17.8 Å². The summed E-state index contributed by atoms with van der Waals surface area (Å²) in [5.41, 5.74) is 1.58. The molecule has 1 aliphatic heterocycles. The fraction of sp³-hybridized carbons (Fsp3) is 0.393. The summed E-state index contributed by atoms with van der Waals surface area (Å²) in [6.45, 7) is 5.40. The Labute approximate surface area is 237 Å². The van der Waals surface area contributed by atoms with E-state index in [9.17, 15) is 18.4 Å². The molecule has 3 aromatic rings. The number of hydrogen-bond donors (Lipinski definition) is 3. The lowest BCUT2D eigenvalue weighted by Crippen LogP contribution is -2.42. The van der Waals surface area contributed by atoms with Crippen LogP contribution in [0.5, 0.6) is 5.88 Å². The van der Waals surface area contributed by atoms with E-state index in [4.69, 9.17) is 9.57 Å². The van der Waals surface area contributed by atoms with Crippen LogP contribution in [0, 0.1) is 18.6 Å². The zero-order valence-electron chi connectivity index (χ0n) is 23.5. The highest BCUT2D eigenvalue weighted by molar-refractivity contribution is 5.90. The number of nitrogens with zero attached hydrogens (tertiary/aromatic N) is 4. The molecule has 4 rings (SSSR count). The van der Waals surface area contributed by atoms with Crippen LogP contribution in [-0.4, -0.2) is 84.6 Å². The van der Waals surface area contributed by atoms with Crippen molar-refractivity contribution in [1.29, 1.82) is 0 Å². The molecular weight excluding hydrogens is 536 g/mol. The van der Waals surface area contributed by atoms with Crippen LogP contribution in [-0.2, 0) is 9.63 Å². The third kappa shape index (κ3) is 7.57. The van der Waals surface area contributed by atoms with E-state index < -0.39 is 29.8 Å². The van der Waals surface area contributed by atoms with E-state index in [0.29, 0.717) is 48.8 Å². The van der Waals surface area contributed by atoms with E-state index in [2.05, 4.69) is 21.0 Å². The van der Waals surface area contributed by atoms with Gasteiger partial charge >= 0.3 is 6.03 Å². The fourth-order valence-corrected chi connectivity index (χ4v) is 4.33. The molecule has 0 spiro atoms. The number of nitrogens with one attached hydrogen (secondary N) is 3. The Morgan fingerprint density at radius 2 is 1.90 bits per heavy atom. The molecule has 2 heterocycles. The number of carbonyl (C=O) groups excluding carboxylic acids is 2. The molecule has 0 bridgehead atoms. The van der Waals surface area contributed by atoms with Crippen molar-refractivity contribution in [3.8, 4) is 11.6 Å². The van der Waals surface area contributed by atoms with E-state index in [0.717, 1.165) is 12.1 Å². The summed E-state index contributed by atoms with van der Waals surface area (Å²) < 4.78 is 34.7. The molecule has 3 N–H and O–H groups in total. The molecule has 0 saturated carbocycles. The molecule has 1 saturated heterocycles. The Morgan fingerprint density at radius 1 is 1.15 bits per heavy atom. The maximum absolute atomic E-state index is 14.0. The van der Waals surface area contributed by atoms with E-state index >= 15 is 0 Å². The predicted molar refractivity (Wildman–Crippen MR) is 149 cm³/mol. The van der Waals surface area contributed by atoms with Gasteiger partial charge in [0.25, 0.3) is 5.91 Å². The van der Waals surface area contributed by atoms with Gasteiger partial charge < -0.3 is 20.3 Å². The fourth-order valence-electron chi connectivity index (χ4n) is 4.33. The van der Waals surface area contributed by atoms with Crippen LogP contribution in [0.2, 0.25) is 0 Å². The number of carbonyl (C=O) groups is 2. The number of aromatic nitrogens is 2. The number of amides is 3. The Morgan fingerprint density at radius 3 is 2.59 bits per heavy atom. The lowest BCUT2D eigenvalue weighted by Gasteiger charge is -2.19. The third-order valence-electron chi connectivity index (χ3n) is 6.50. The number of hydroxylamine groups is 2. The van der Waals surface area contributed by atoms with Crippen LogP contribution in [0.4, 0.5) is 19.4 Å². The lowest BCUT2D eigenvalue weighted by atomic mass is 10.0. The molecule has 13 heteroatoms. The van der Waals surface area contributed by atoms with Gasteiger partial charge in [-0.3, -0.25) is 14.9 Å². The Balaban J connectivity index is 1.51. The zero-order chi connectivity index (χ0) is 29.5. The molecule has 2 aromatic carbocycles. The summed E-state index contributed by atoms with van der Waals surface area (Å²) >= 11 is 0. The second-order valence-electron chi connectivity index (χ2n) is 9.85.